The normalized spacial score (nSPS) is 12.3. The Hall–Kier alpha value is -1.84. The van der Waals surface area contributed by atoms with Crippen LogP contribution in [0.15, 0.2) is 24.3 Å². The molecule has 1 unspecified atom stereocenters. The number of unbranched alkanes of at least 4 members (excludes halogenated alkanes) is 1. The molecule has 4 nitrogen and oxygen atoms in total. The average Bonchev–Trinajstić information content (AvgIpc) is 2.57. The van der Waals surface area contributed by atoms with Crippen molar-refractivity contribution in [3.63, 3.8) is 0 Å². The molecule has 0 radical (unpaired) electrons. The molecule has 25 heavy (non-hydrogen) atoms. The number of nitrogens with one attached hydrogen (secondary N) is 2. The van der Waals surface area contributed by atoms with Crippen LogP contribution in [0.4, 0.5) is 0 Å². The summed E-state index contributed by atoms with van der Waals surface area (Å²) in [5, 5.41) is 5.81. The van der Waals surface area contributed by atoms with Crippen molar-refractivity contribution < 1.29 is 9.59 Å². The van der Waals surface area contributed by atoms with E-state index in [0.717, 1.165) is 25.7 Å². The molecule has 1 rings (SSSR count). The van der Waals surface area contributed by atoms with Crippen LogP contribution in [0.25, 0.3) is 0 Å². The molecule has 0 heterocycles. The molecule has 0 bridgehead atoms. The van der Waals surface area contributed by atoms with Crippen LogP contribution >= 0.6 is 0 Å². The van der Waals surface area contributed by atoms with E-state index in [9.17, 15) is 9.59 Å². The van der Waals surface area contributed by atoms with Gasteiger partial charge < -0.3 is 10.6 Å². The van der Waals surface area contributed by atoms with Gasteiger partial charge in [-0.15, -0.1) is 0 Å². The van der Waals surface area contributed by atoms with Crippen molar-refractivity contribution in [3.05, 3.63) is 35.4 Å². The lowest BCUT2D eigenvalue weighted by atomic mass is 10.0. The van der Waals surface area contributed by atoms with Gasteiger partial charge in [0.05, 0.1) is 0 Å². The minimum absolute atomic E-state index is 0.0341. The van der Waals surface area contributed by atoms with Crippen molar-refractivity contribution in [3.8, 4) is 0 Å². The van der Waals surface area contributed by atoms with Crippen LogP contribution in [0.1, 0.15) is 69.8 Å². The van der Waals surface area contributed by atoms with Crippen LogP contribution < -0.4 is 10.6 Å². The average molecular weight is 347 g/mol. The first kappa shape index (κ1) is 21.2. The Balaban J connectivity index is 2.64. The molecule has 140 valence electrons. The lowest BCUT2D eigenvalue weighted by Gasteiger charge is -2.22. The van der Waals surface area contributed by atoms with E-state index in [1.165, 1.54) is 5.56 Å². The second-order valence-electron chi connectivity index (χ2n) is 7.47. The summed E-state index contributed by atoms with van der Waals surface area (Å²) in [6.07, 6.45) is 4.27. The van der Waals surface area contributed by atoms with Crippen LogP contribution in [0.2, 0.25) is 0 Å². The molecular weight excluding hydrogens is 312 g/mol. The zero-order valence-electron chi connectivity index (χ0n) is 16.4. The first-order chi connectivity index (χ1) is 11.8. The van der Waals surface area contributed by atoms with Crippen LogP contribution in [0, 0.1) is 11.8 Å². The molecule has 0 aromatic heterocycles. The predicted molar refractivity (Wildman–Crippen MR) is 104 cm³/mol. The van der Waals surface area contributed by atoms with E-state index in [4.69, 9.17) is 0 Å². The monoisotopic (exact) mass is 346 g/mol. The van der Waals surface area contributed by atoms with Crippen LogP contribution in [0.3, 0.4) is 0 Å². The third kappa shape index (κ3) is 7.72. The van der Waals surface area contributed by atoms with Gasteiger partial charge in [-0.1, -0.05) is 53.2 Å². The molecule has 0 saturated carbocycles. The van der Waals surface area contributed by atoms with Crippen molar-refractivity contribution in [2.24, 2.45) is 11.8 Å². The van der Waals surface area contributed by atoms with Crippen LogP contribution in [0.5, 0.6) is 0 Å². The van der Waals surface area contributed by atoms with Gasteiger partial charge in [-0.05, 0) is 48.8 Å². The highest BCUT2D eigenvalue weighted by Gasteiger charge is 2.24. The molecule has 2 amide bonds. The van der Waals surface area contributed by atoms with Gasteiger partial charge in [-0.25, -0.2) is 0 Å². The summed E-state index contributed by atoms with van der Waals surface area (Å²) in [7, 11) is 0. The number of benzene rings is 1. The quantitative estimate of drug-likeness (QED) is 0.674. The summed E-state index contributed by atoms with van der Waals surface area (Å²) in [5.74, 6) is 0.272. The lowest BCUT2D eigenvalue weighted by Crippen LogP contribution is -2.50. The molecule has 1 atom stereocenters. The minimum atomic E-state index is -0.514. The van der Waals surface area contributed by atoms with Crippen molar-refractivity contribution in [1.82, 2.24) is 10.6 Å². The first-order valence-corrected chi connectivity index (χ1v) is 9.52. The van der Waals surface area contributed by atoms with E-state index in [1.807, 2.05) is 38.1 Å². The molecule has 0 fully saturated rings. The van der Waals surface area contributed by atoms with Crippen LogP contribution in [-0.2, 0) is 11.2 Å². The summed E-state index contributed by atoms with van der Waals surface area (Å²) in [4.78, 5) is 24.9. The number of rotatable bonds is 10. The summed E-state index contributed by atoms with van der Waals surface area (Å²) in [5.41, 5.74) is 1.84. The number of amides is 2. The summed E-state index contributed by atoms with van der Waals surface area (Å²) in [6.45, 7) is 10.9. The molecule has 4 heteroatoms. The highest BCUT2D eigenvalue weighted by atomic mass is 16.2. The first-order valence-electron chi connectivity index (χ1n) is 9.52. The molecule has 0 saturated heterocycles. The van der Waals surface area contributed by atoms with Gasteiger partial charge in [-0.3, -0.25) is 9.59 Å². The summed E-state index contributed by atoms with van der Waals surface area (Å²) >= 11 is 0. The Kier molecular flexibility index (Phi) is 9.25. The SMILES string of the molecule is CCCCc1ccc(C(=O)NC(C(=O)NCCC(C)C)C(C)C)cc1. The van der Waals surface area contributed by atoms with E-state index < -0.39 is 6.04 Å². The zero-order chi connectivity index (χ0) is 18.8. The van der Waals surface area contributed by atoms with E-state index >= 15 is 0 Å². The third-order valence-corrected chi connectivity index (χ3v) is 4.29. The number of carbonyl (C=O) groups is 2. The third-order valence-electron chi connectivity index (χ3n) is 4.29. The fraction of sp³-hybridized carbons (Fsp3) is 0.619. The second-order valence-corrected chi connectivity index (χ2v) is 7.47. The van der Waals surface area contributed by atoms with E-state index in [1.54, 1.807) is 0 Å². The van der Waals surface area contributed by atoms with Gasteiger partial charge in [-0.2, -0.15) is 0 Å². The Bertz CT molecular complexity index is 535. The van der Waals surface area contributed by atoms with E-state index in [0.29, 0.717) is 18.0 Å². The molecule has 2 N–H and O–H groups in total. The largest absolute Gasteiger partial charge is 0.354 e. The topological polar surface area (TPSA) is 58.2 Å². The molecule has 1 aromatic carbocycles. The van der Waals surface area contributed by atoms with Crippen molar-refractivity contribution >= 4 is 11.8 Å². The fourth-order valence-electron chi connectivity index (χ4n) is 2.56. The Morgan fingerprint density at radius 2 is 1.68 bits per heavy atom. The Morgan fingerprint density at radius 3 is 2.20 bits per heavy atom. The molecule has 0 aliphatic heterocycles. The van der Waals surface area contributed by atoms with Gasteiger partial charge in [0, 0.05) is 12.1 Å². The van der Waals surface area contributed by atoms with Crippen molar-refractivity contribution in [2.75, 3.05) is 6.54 Å². The maximum atomic E-state index is 12.5. The lowest BCUT2D eigenvalue weighted by molar-refractivity contribution is -0.123. The smallest absolute Gasteiger partial charge is 0.251 e. The van der Waals surface area contributed by atoms with E-state index in [-0.39, 0.29) is 17.7 Å². The zero-order valence-corrected chi connectivity index (χ0v) is 16.4. The van der Waals surface area contributed by atoms with E-state index in [2.05, 4.69) is 31.4 Å². The molecular formula is C21H34N2O2. The maximum Gasteiger partial charge on any atom is 0.251 e. The van der Waals surface area contributed by atoms with Gasteiger partial charge >= 0.3 is 0 Å². The van der Waals surface area contributed by atoms with Crippen LogP contribution in [-0.4, -0.2) is 24.4 Å². The number of hydrogen-bond donors (Lipinski definition) is 2. The maximum absolute atomic E-state index is 12.5. The highest BCUT2D eigenvalue weighted by Crippen LogP contribution is 2.10. The number of carbonyl (C=O) groups excluding carboxylic acids is 2. The Labute approximate surface area is 152 Å². The standard InChI is InChI=1S/C21H34N2O2/c1-6-7-8-17-9-11-18(12-10-17)20(24)23-19(16(4)5)21(25)22-14-13-15(2)3/h9-12,15-16,19H,6-8,13-14H2,1-5H3,(H,22,25)(H,23,24). The molecule has 1 aromatic rings. The van der Waals surface area contributed by atoms with Crippen molar-refractivity contribution in [1.29, 1.82) is 0 Å². The molecule has 0 spiro atoms. The fourth-order valence-corrected chi connectivity index (χ4v) is 2.56. The summed E-state index contributed by atoms with van der Waals surface area (Å²) in [6, 6.07) is 7.16. The Morgan fingerprint density at radius 1 is 1.04 bits per heavy atom. The predicted octanol–water partition coefficient (Wildman–Crippen LogP) is 3.95. The highest BCUT2D eigenvalue weighted by molar-refractivity contribution is 5.97. The van der Waals surface area contributed by atoms with Gasteiger partial charge in [0.25, 0.3) is 5.91 Å². The molecule has 0 aliphatic rings. The van der Waals surface area contributed by atoms with Gasteiger partial charge in [0.2, 0.25) is 5.91 Å². The molecule has 0 aliphatic carbocycles. The minimum Gasteiger partial charge on any atom is -0.354 e. The van der Waals surface area contributed by atoms with Gasteiger partial charge in [0.15, 0.2) is 0 Å². The summed E-state index contributed by atoms with van der Waals surface area (Å²) < 4.78 is 0. The second kappa shape index (κ2) is 10.9. The number of aryl methyl sites for hydroxylation is 1. The number of hydrogen-bond acceptors (Lipinski definition) is 2. The van der Waals surface area contributed by atoms with Gasteiger partial charge in [0.1, 0.15) is 6.04 Å². The van der Waals surface area contributed by atoms with Crippen molar-refractivity contribution in [2.45, 2.75) is 66.3 Å².